The second-order valence-corrected chi connectivity index (χ2v) is 4.75. The number of nitrogens with zero attached hydrogens (tertiary/aromatic N) is 1. The highest BCUT2D eigenvalue weighted by Crippen LogP contribution is 2.14. The number of nitrogen functional groups attached to an aromatic ring is 1. The largest absolute Gasteiger partial charge is 0.399 e. The Labute approximate surface area is 98.4 Å². The van der Waals surface area contributed by atoms with Crippen LogP contribution in [-0.2, 0) is 11.2 Å². The fourth-order valence-corrected chi connectivity index (χ4v) is 2.08. The molecule has 0 aliphatic rings. The molecule has 1 aromatic carbocycles. The molecular weight excluding hydrogens is 256 g/mol. The molecule has 0 saturated heterocycles. The fraction of sp³-hybridized carbons (Fsp3) is 0.364. The van der Waals surface area contributed by atoms with Crippen molar-refractivity contribution in [1.82, 2.24) is 4.90 Å². The van der Waals surface area contributed by atoms with Gasteiger partial charge in [0, 0.05) is 19.8 Å². The second-order valence-electron chi connectivity index (χ2n) is 3.65. The number of rotatable bonds is 3. The van der Waals surface area contributed by atoms with Gasteiger partial charge in [-0.2, -0.15) is 0 Å². The summed E-state index contributed by atoms with van der Waals surface area (Å²) < 4.78 is 0. The summed E-state index contributed by atoms with van der Waals surface area (Å²) >= 11 is 3.37. The number of benzene rings is 1. The van der Waals surface area contributed by atoms with Crippen molar-refractivity contribution in [1.29, 1.82) is 0 Å². The van der Waals surface area contributed by atoms with Crippen LogP contribution in [0.1, 0.15) is 5.56 Å². The molecule has 3 nitrogen and oxygen atoms in total. The summed E-state index contributed by atoms with van der Waals surface area (Å²) in [4.78, 5) is 13.0. The average Bonchev–Trinajstić information content (AvgIpc) is 2.16. The molecule has 1 unspecified atom stereocenters. The quantitative estimate of drug-likeness (QED) is 0.671. The van der Waals surface area contributed by atoms with E-state index in [0.717, 1.165) is 11.3 Å². The number of hydrogen-bond donors (Lipinski definition) is 1. The Morgan fingerprint density at radius 2 is 2.20 bits per heavy atom. The number of carbonyl (C=O) groups is 1. The Morgan fingerprint density at radius 1 is 1.53 bits per heavy atom. The summed E-state index contributed by atoms with van der Waals surface area (Å²) in [6.07, 6.45) is 0.655. The van der Waals surface area contributed by atoms with E-state index >= 15 is 0 Å². The molecule has 1 rings (SSSR count). The van der Waals surface area contributed by atoms with Crippen LogP contribution in [0.3, 0.4) is 0 Å². The molecule has 2 N–H and O–H groups in total. The van der Waals surface area contributed by atoms with E-state index in [-0.39, 0.29) is 10.7 Å². The Bertz CT molecular complexity index is 352. The topological polar surface area (TPSA) is 46.3 Å². The Morgan fingerprint density at radius 3 is 2.73 bits per heavy atom. The van der Waals surface area contributed by atoms with Gasteiger partial charge in [-0.25, -0.2) is 0 Å². The first-order valence-electron chi connectivity index (χ1n) is 4.70. The SMILES string of the molecule is CN(C)C(=O)C(Br)Cc1cccc(N)c1. The predicted octanol–water partition coefficient (Wildman–Crippen LogP) is 1.66. The molecule has 0 spiro atoms. The van der Waals surface area contributed by atoms with E-state index in [1.54, 1.807) is 19.0 Å². The summed E-state index contributed by atoms with van der Waals surface area (Å²) in [5.74, 6) is 0.0671. The Kier molecular flexibility index (Phi) is 4.15. The standard InChI is InChI=1S/C11H15BrN2O/c1-14(2)11(15)10(12)7-8-4-3-5-9(13)6-8/h3-6,10H,7,13H2,1-2H3. The van der Waals surface area contributed by atoms with Gasteiger partial charge in [-0.3, -0.25) is 4.79 Å². The minimum absolute atomic E-state index is 0.0671. The van der Waals surface area contributed by atoms with Crippen LogP contribution in [0.15, 0.2) is 24.3 Å². The first kappa shape index (κ1) is 12.0. The van der Waals surface area contributed by atoms with Gasteiger partial charge in [0.25, 0.3) is 0 Å². The Balaban J connectivity index is 2.66. The van der Waals surface area contributed by atoms with Crippen molar-refractivity contribution in [2.75, 3.05) is 19.8 Å². The third-order valence-electron chi connectivity index (χ3n) is 2.07. The van der Waals surface area contributed by atoms with Gasteiger partial charge in [0.1, 0.15) is 0 Å². The van der Waals surface area contributed by atoms with Crippen molar-refractivity contribution in [3.63, 3.8) is 0 Å². The monoisotopic (exact) mass is 270 g/mol. The molecular formula is C11H15BrN2O. The average molecular weight is 271 g/mol. The third-order valence-corrected chi connectivity index (χ3v) is 2.79. The summed E-state index contributed by atoms with van der Waals surface area (Å²) in [6.45, 7) is 0. The van der Waals surface area contributed by atoms with Crippen LogP contribution >= 0.6 is 15.9 Å². The van der Waals surface area contributed by atoms with E-state index in [4.69, 9.17) is 5.73 Å². The predicted molar refractivity (Wildman–Crippen MR) is 66.0 cm³/mol. The van der Waals surface area contributed by atoms with Gasteiger partial charge in [0.05, 0.1) is 4.83 Å². The van der Waals surface area contributed by atoms with Crippen LogP contribution in [0, 0.1) is 0 Å². The molecule has 0 heterocycles. The van der Waals surface area contributed by atoms with Crippen molar-refractivity contribution in [2.45, 2.75) is 11.2 Å². The molecule has 0 bridgehead atoms. The zero-order valence-electron chi connectivity index (χ0n) is 8.90. The van der Waals surface area contributed by atoms with E-state index in [0.29, 0.717) is 6.42 Å². The minimum Gasteiger partial charge on any atom is -0.399 e. The van der Waals surface area contributed by atoms with E-state index in [2.05, 4.69) is 15.9 Å². The van der Waals surface area contributed by atoms with Crippen LogP contribution in [0.25, 0.3) is 0 Å². The van der Waals surface area contributed by atoms with Crippen LogP contribution in [0.2, 0.25) is 0 Å². The van der Waals surface area contributed by atoms with Gasteiger partial charge in [-0.15, -0.1) is 0 Å². The van der Waals surface area contributed by atoms with Crippen molar-refractivity contribution in [3.05, 3.63) is 29.8 Å². The van der Waals surface area contributed by atoms with Gasteiger partial charge in [-0.05, 0) is 24.1 Å². The lowest BCUT2D eigenvalue weighted by Gasteiger charge is -2.15. The lowest BCUT2D eigenvalue weighted by Crippen LogP contribution is -2.31. The van der Waals surface area contributed by atoms with Crippen LogP contribution in [0.5, 0.6) is 0 Å². The van der Waals surface area contributed by atoms with Crippen molar-refractivity contribution < 1.29 is 4.79 Å². The summed E-state index contributed by atoms with van der Waals surface area (Å²) in [7, 11) is 3.49. The maximum Gasteiger partial charge on any atom is 0.236 e. The summed E-state index contributed by atoms with van der Waals surface area (Å²) in [6, 6.07) is 7.58. The molecule has 15 heavy (non-hydrogen) atoms. The molecule has 0 aliphatic carbocycles. The highest BCUT2D eigenvalue weighted by atomic mass is 79.9. The fourth-order valence-electron chi connectivity index (χ4n) is 1.29. The number of carbonyl (C=O) groups excluding carboxylic acids is 1. The van der Waals surface area contributed by atoms with Crippen LogP contribution in [-0.4, -0.2) is 29.7 Å². The lowest BCUT2D eigenvalue weighted by atomic mass is 10.1. The molecule has 0 aromatic heterocycles. The van der Waals surface area contributed by atoms with Crippen LogP contribution in [0.4, 0.5) is 5.69 Å². The van der Waals surface area contributed by atoms with Gasteiger partial charge in [0.15, 0.2) is 0 Å². The maximum absolute atomic E-state index is 11.6. The van der Waals surface area contributed by atoms with Crippen molar-refractivity contribution >= 4 is 27.5 Å². The van der Waals surface area contributed by atoms with Crippen molar-refractivity contribution in [3.8, 4) is 0 Å². The van der Waals surface area contributed by atoms with Gasteiger partial charge < -0.3 is 10.6 Å². The highest BCUT2D eigenvalue weighted by molar-refractivity contribution is 9.10. The number of hydrogen-bond acceptors (Lipinski definition) is 2. The molecule has 4 heteroatoms. The molecule has 82 valence electrons. The molecule has 0 radical (unpaired) electrons. The third kappa shape index (κ3) is 3.55. The van der Waals surface area contributed by atoms with Gasteiger partial charge in [-0.1, -0.05) is 28.1 Å². The first-order valence-corrected chi connectivity index (χ1v) is 5.62. The van der Waals surface area contributed by atoms with Gasteiger partial charge >= 0.3 is 0 Å². The molecule has 1 atom stereocenters. The Hall–Kier alpha value is -1.03. The zero-order valence-corrected chi connectivity index (χ0v) is 10.5. The normalized spacial score (nSPS) is 12.2. The minimum atomic E-state index is -0.186. The zero-order chi connectivity index (χ0) is 11.4. The summed E-state index contributed by atoms with van der Waals surface area (Å²) in [5.41, 5.74) is 7.45. The van der Waals surface area contributed by atoms with E-state index in [9.17, 15) is 4.79 Å². The second kappa shape index (κ2) is 5.16. The number of nitrogens with two attached hydrogens (primary N) is 1. The first-order chi connectivity index (χ1) is 7.00. The molecule has 0 saturated carbocycles. The van der Waals surface area contributed by atoms with E-state index < -0.39 is 0 Å². The molecule has 1 aromatic rings. The van der Waals surface area contributed by atoms with E-state index in [1.807, 2.05) is 24.3 Å². The van der Waals surface area contributed by atoms with Gasteiger partial charge in [0.2, 0.25) is 5.91 Å². The molecule has 1 amide bonds. The number of halogens is 1. The number of anilines is 1. The number of alkyl halides is 1. The van der Waals surface area contributed by atoms with E-state index in [1.165, 1.54) is 0 Å². The highest BCUT2D eigenvalue weighted by Gasteiger charge is 2.16. The molecule has 0 aliphatic heterocycles. The lowest BCUT2D eigenvalue weighted by molar-refractivity contribution is -0.127. The van der Waals surface area contributed by atoms with Crippen LogP contribution < -0.4 is 5.73 Å². The maximum atomic E-state index is 11.6. The van der Waals surface area contributed by atoms with Crippen molar-refractivity contribution in [2.24, 2.45) is 0 Å². The smallest absolute Gasteiger partial charge is 0.236 e. The number of amides is 1. The summed E-state index contributed by atoms with van der Waals surface area (Å²) in [5, 5.41) is 0. The molecule has 0 fully saturated rings.